The predicted octanol–water partition coefficient (Wildman–Crippen LogP) is 6.93. The molecule has 1 N–H and O–H groups in total. The summed E-state index contributed by atoms with van der Waals surface area (Å²) >= 11 is 4.96. The molecule has 0 heterocycles. The lowest BCUT2D eigenvalue weighted by molar-refractivity contribution is -0.140. The first-order valence-corrected chi connectivity index (χ1v) is 18.8. The van der Waals surface area contributed by atoms with Gasteiger partial charge in [0.1, 0.15) is 18.3 Å². The van der Waals surface area contributed by atoms with Gasteiger partial charge in [-0.1, -0.05) is 58.4 Å². The number of carbonyl (C=O) groups excluding carboxylic acids is 2. The normalized spacial score (nSPS) is 12.0. The standard InChI is InChI=1S/C36H40BrN3O5S2/c1-5-45-31-17-15-30(16-18-31)40(47(43,44)33-21-19-32(46-4)20-22-33)25-35(41)39(24-28-11-13-29(37)14-12-28)34(36(42)38-26(2)3)23-27-9-7-6-8-10-27/h6-22,26,34H,5,23-25H2,1-4H3,(H,38,42)/t34-/m1/s1. The van der Waals surface area contributed by atoms with Crippen molar-refractivity contribution in [2.75, 3.05) is 23.7 Å². The predicted molar refractivity (Wildman–Crippen MR) is 192 cm³/mol. The van der Waals surface area contributed by atoms with Crippen molar-refractivity contribution in [1.29, 1.82) is 0 Å². The molecule has 11 heteroatoms. The highest BCUT2D eigenvalue weighted by atomic mass is 79.9. The van der Waals surface area contributed by atoms with Gasteiger partial charge in [-0.05, 0) is 98.8 Å². The third-order valence-corrected chi connectivity index (χ3v) is 10.4. The molecule has 0 spiro atoms. The highest BCUT2D eigenvalue weighted by molar-refractivity contribution is 9.10. The molecule has 248 valence electrons. The van der Waals surface area contributed by atoms with Crippen LogP contribution in [0.1, 0.15) is 31.9 Å². The quantitative estimate of drug-likeness (QED) is 0.133. The van der Waals surface area contributed by atoms with Crippen molar-refractivity contribution in [3.8, 4) is 5.75 Å². The van der Waals surface area contributed by atoms with E-state index in [4.69, 9.17) is 4.74 Å². The maximum atomic E-state index is 14.6. The number of sulfonamides is 1. The molecule has 0 fully saturated rings. The Labute approximate surface area is 290 Å². The summed E-state index contributed by atoms with van der Waals surface area (Å²) in [7, 11) is -4.21. The average Bonchev–Trinajstić information content (AvgIpc) is 3.06. The van der Waals surface area contributed by atoms with Crippen molar-refractivity contribution in [2.45, 2.75) is 55.6 Å². The van der Waals surface area contributed by atoms with Crippen molar-refractivity contribution >= 4 is 55.2 Å². The third kappa shape index (κ3) is 9.85. The molecule has 2 amide bonds. The van der Waals surface area contributed by atoms with Gasteiger partial charge >= 0.3 is 0 Å². The SMILES string of the molecule is CCOc1ccc(N(CC(=O)N(Cc2ccc(Br)cc2)[C@H](Cc2ccccc2)C(=O)NC(C)C)S(=O)(=O)c2ccc(SC)cc2)cc1. The second kappa shape index (κ2) is 16.9. The summed E-state index contributed by atoms with van der Waals surface area (Å²) in [6.45, 7) is 5.60. The zero-order chi connectivity index (χ0) is 34.0. The first-order chi connectivity index (χ1) is 22.5. The Balaban J connectivity index is 1.80. The van der Waals surface area contributed by atoms with Crippen LogP contribution >= 0.6 is 27.7 Å². The van der Waals surface area contributed by atoms with Gasteiger partial charge in [0, 0.05) is 28.4 Å². The lowest BCUT2D eigenvalue weighted by Crippen LogP contribution is -2.54. The number of benzene rings is 4. The Bertz CT molecular complexity index is 1720. The lowest BCUT2D eigenvalue weighted by atomic mass is 10.0. The molecule has 4 aromatic rings. The minimum atomic E-state index is -4.21. The number of hydrogen-bond acceptors (Lipinski definition) is 6. The average molecular weight is 739 g/mol. The van der Waals surface area contributed by atoms with Crippen molar-refractivity contribution in [3.63, 3.8) is 0 Å². The molecule has 0 saturated carbocycles. The van der Waals surface area contributed by atoms with Crippen LogP contribution in [-0.2, 0) is 32.6 Å². The molecule has 4 aromatic carbocycles. The summed E-state index contributed by atoms with van der Waals surface area (Å²) in [5, 5.41) is 2.98. The Morgan fingerprint density at radius 3 is 2.09 bits per heavy atom. The van der Waals surface area contributed by atoms with Gasteiger partial charge in [-0.25, -0.2) is 8.42 Å². The fourth-order valence-electron chi connectivity index (χ4n) is 5.00. The van der Waals surface area contributed by atoms with Crippen molar-refractivity contribution in [2.24, 2.45) is 0 Å². The fraction of sp³-hybridized carbons (Fsp3) is 0.278. The minimum absolute atomic E-state index is 0.0508. The van der Waals surface area contributed by atoms with E-state index in [-0.39, 0.29) is 29.8 Å². The van der Waals surface area contributed by atoms with Crippen LogP contribution < -0.4 is 14.4 Å². The van der Waals surface area contributed by atoms with Crippen LogP contribution in [0.4, 0.5) is 5.69 Å². The van der Waals surface area contributed by atoms with Crippen LogP contribution in [0.25, 0.3) is 0 Å². The van der Waals surface area contributed by atoms with Gasteiger partial charge in [-0.2, -0.15) is 0 Å². The smallest absolute Gasteiger partial charge is 0.264 e. The second-order valence-corrected chi connectivity index (χ2v) is 14.8. The van der Waals surface area contributed by atoms with Gasteiger partial charge in [0.25, 0.3) is 10.0 Å². The number of ether oxygens (including phenoxy) is 1. The zero-order valence-corrected chi connectivity index (χ0v) is 30.1. The molecule has 1 atom stereocenters. The van der Waals surface area contributed by atoms with Crippen molar-refractivity contribution < 1.29 is 22.7 Å². The molecule has 0 unspecified atom stereocenters. The van der Waals surface area contributed by atoms with Gasteiger partial charge < -0.3 is 15.0 Å². The van der Waals surface area contributed by atoms with E-state index in [1.807, 2.05) is 81.6 Å². The first-order valence-electron chi connectivity index (χ1n) is 15.3. The number of carbonyl (C=O) groups is 2. The first kappa shape index (κ1) is 36.0. The fourth-order valence-corrected chi connectivity index (χ4v) is 7.09. The number of amides is 2. The van der Waals surface area contributed by atoms with Crippen LogP contribution in [0, 0.1) is 0 Å². The molecular weight excluding hydrogens is 698 g/mol. The van der Waals surface area contributed by atoms with E-state index in [1.54, 1.807) is 48.5 Å². The van der Waals surface area contributed by atoms with Gasteiger partial charge in [-0.15, -0.1) is 11.8 Å². The summed E-state index contributed by atoms with van der Waals surface area (Å²) in [6.07, 6.45) is 2.16. The molecule has 0 aliphatic rings. The Morgan fingerprint density at radius 2 is 1.51 bits per heavy atom. The van der Waals surface area contributed by atoms with Gasteiger partial charge in [0.2, 0.25) is 11.8 Å². The largest absolute Gasteiger partial charge is 0.494 e. The van der Waals surface area contributed by atoms with E-state index in [0.29, 0.717) is 18.0 Å². The molecule has 47 heavy (non-hydrogen) atoms. The number of thioether (sulfide) groups is 1. The molecule has 0 aliphatic heterocycles. The van der Waals surface area contributed by atoms with E-state index < -0.39 is 28.5 Å². The number of hydrogen-bond donors (Lipinski definition) is 1. The second-order valence-electron chi connectivity index (χ2n) is 11.1. The summed E-state index contributed by atoms with van der Waals surface area (Å²) < 4.78 is 36.1. The van der Waals surface area contributed by atoms with Crippen molar-refractivity contribution in [3.05, 3.63) is 119 Å². The Hall–Kier alpha value is -3.80. The number of nitrogens with one attached hydrogen (secondary N) is 1. The minimum Gasteiger partial charge on any atom is -0.494 e. The van der Waals surface area contributed by atoms with E-state index in [9.17, 15) is 18.0 Å². The topological polar surface area (TPSA) is 96.0 Å². The molecule has 8 nitrogen and oxygen atoms in total. The van der Waals surface area contributed by atoms with Crippen LogP contribution in [0.5, 0.6) is 5.75 Å². The number of rotatable bonds is 15. The zero-order valence-electron chi connectivity index (χ0n) is 26.9. The Kier molecular flexibility index (Phi) is 12.9. The van der Waals surface area contributed by atoms with Crippen molar-refractivity contribution in [1.82, 2.24) is 10.2 Å². The van der Waals surface area contributed by atoms with Gasteiger partial charge in [0.15, 0.2) is 0 Å². The lowest BCUT2D eigenvalue weighted by Gasteiger charge is -2.34. The maximum absolute atomic E-state index is 14.6. The number of anilines is 1. The number of halogens is 1. The van der Waals surface area contributed by atoms with E-state index in [2.05, 4.69) is 21.2 Å². The monoisotopic (exact) mass is 737 g/mol. The highest BCUT2D eigenvalue weighted by Gasteiger charge is 2.35. The van der Waals surface area contributed by atoms with Crippen LogP contribution in [0.15, 0.2) is 117 Å². The molecule has 0 bridgehead atoms. The Morgan fingerprint density at radius 1 is 0.872 bits per heavy atom. The molecule has 0 radical (unpaired) electrons. The summed E-state index contributed by atoms with van der Waals surface area (Å²) in [5.41, 5.74) is 1.96. The van der Waals surface area contributed by atoms with E-state index in [0.717, 1.165) is 24.8 Å². The molecular formula is C36H40BrN3O5S2. The maximum Gasteiger partial charge on any atom is 0.264 e. The molecule has 0 aliphatic carbocycles. The van der Waals surface area contributed by atoms with Gasteiger partial charge in [0.05, 0.1) is 17.2 Å². The number of nitrogens with zero attached hydrogens (tertiary/aromatic N) is 2. The molecule has 4 rings (SSSR count). The van der Waals surface area contributed by atoms with E-state index in [1.165, 1.54) is 16.7 Å². The van der Waals surface area contributed by atoms with Crippen LogP contribution in [0.2, 0.25) is 0 Å². The molecule has 0 saturated heterocycles. The molecule has 0 aromatic heterocycles. The van der Waals surface area contributed by atoms with Crippen LogP contribution in [0.3, 0.4) is 0 Å². The highest BCUT2D eigenvalue weighted by Crippen LogP contribution is 2.28. The van der Waals surface area contributed by atoms with E-state index >= 15 is 0 Å². The summed E-state index contributed by atoms with van der Waals surface area (Å²) in [6, 6.07) is 29.0. The van der Waals surface area contributed by atoms with Gasteiger partial charge in [-0.3, -0.25) is 13.9 Å². The summed E-state index contributed by atoms with van der Waals surface area (Å²) in [4.78, 5) is 30.8. The van der Waals surface area contributed by atoms with Crippen LogP contribution in [-0.4, -0.2) is 56.6 Å². The third-order valence-electron chi connectivity index (χ3n) is 7.33. The summed E-state index contributed by atoms with van der Waals surface area (Å²) in [5.74, 6) is -0.266.